The van der Waals surface area contributed by atoms with Crippen LogP contribution in [-0.2, 0) is 0 Å². The summed E-state index contributed by atoms with van der Waals surface area (Å²) in [6.07, 6.45) is 5.43. The van der Waals surface area contributed by atoms with Gasteiger partial charge in [0.05, 0.1) is 19.6 Å². The Balaban J connectivity index is 1.67. The maximum absolute atomic E-state index is 2.56. The van der Waals surface area contributed by atoms with Crippen molar-refractivity contribution in [1.82, 2.24) is 0 Å². The minimum atomic E-state index is 0.678. The highest BCUT2D eigenvalue weighted by molar-refractivity contribution is 5.93. The van der Waals surface area contributed by atoms with Crippen LogP contribution in [0.25, 0.3) is 16.8 Å². The number of quaternary nitrogens is 1. The number of rotatable bonds is 0. The Morgan fingerprint density at radius 2 is 1.82 bits per heavy atom. The molecule has 2 heterocycles. The first-order valence-corrected chi connectivity index (χ1v) is 8.83. The highest BCUT2D eigenvalue weighted by atomic mass is 15.4. The summed E-state index contributed by atoms with van der Waals surface area (Å²) in [6, 6.07) is 13.6. The van der Waals surface area contributed by atoms with Crippen LogP contribution in [0.2, 0.25) is 0 Å². The van der Waals surface area contributed by atoms with Crippen molar-refractivity contribution in [2.24, 2.45) is 5.92 Å². The van der Waals surface area contributed by atoms with Crippen LogP contribution in [0.3, 0.4) is 0 Å². The second kappa shape index (κ2) is 4.45. The zero-order valence-corrected chi connectivity index (χ0v) is 13.4. The molecule has 0 aromatic heterocycles. The smallest absolute Gasteiger partial charge is 0.101 e. The minimum Gasteiger partial charge on any atom is -0.320 e. The van der Waals surface area contributed by atoms with Gasteiger partial charge in [-0.05, 0) is 39.5 Å². The fraction of sp³-hybridized carbons (Fsp3) is 0.429. The molecule has 0 bridgehead atoms. The standard InChI is InChI=1S/C21H24N/c1-15-18-9-8-16-6-2-3-7-19(16)20(18)12-17-13-22(14-21(15)17)10-4-5-11-22/h2-3,6-9,12,15,21H,4-5,10-11,13-14H2,1H3/q+1/t15-,21+/m1/s1. The van der Waals surface area contributed by atoms with Gasteiger partial charge in [-0.2, -0.15) is 0 Å². The molecular formula is C21H24N+. The van der Waals surface area contributed by atoms with E-state index in [1.54, 1.807) is 11.1 Å². The molecule has 0 saturated carbocycles. The molecule has 0 unspecified atom stereocenters. The summed E-state index contributed by atoms with van der Waals surface area (Å²) in [5.41, 5.74) is 4.82. The lowest BCUT2D eigenvalue weighted by atomic mass is 9.76. The Bertz CT molecular complexity index is 780. The second-order valence-corrected chi connectivity index (χ2v) is 7.74. The highest BCUT2D eigenvalue weighted by Crippen LogP contribution is 2.47. The summed E-state index contributed by atoms with van der Waals surface area (Å²) in [4.78, 5) is 0. The fourth-order valence-electron chi connectivity index (χ4n) is 5.36. The van der Waals surface area contributed by atoms with Crippen molar-refractivity contribution in [2.75, 3.05) is 26.2 Å². The van der Waals surface area contributed by atoms with Gasteiger partial charge in [-0.15, -0.1) is 0 Å². The SMILES string of the molecule is C[C@@H]1c2ccc3ccccc3c2C=C2C[N+]3(CCCC3)C[C@H]21. The summed E-state index contributed by atoms with van der Waals surface area (Å²) >= 11 is 0. The van der Waals surface area contributed by atoms with Crippen molar-refractivity contribution in [3.05, 3.63) is 53.1 Å². The molecule has 1 heteroatoms. The molecule has 2 aromatic rings. The lowest BCUT2D eigenvalue weighted by Crippen LogP contribution is -2.43. The monoisotopic (exact) mass is 290 g/mol. The first-order valence-electron chi connectivity index (χ1n) is 8.83. The number of hydrogen-bond acceptors (Lipinski definition) is 0. The van der Waals surface area contributed by atoms with Crippen LogP contribution < -0.4 is 0 Å². The van der Waals surface area contributed by atoms with E-state index in [9.17, 15) is 0 Å². The van der Waals surface area contributed by atoms with Gasteiger partial charge in [0.2, 0.25) is 0 Å². The quantitative estimate of drug-likeness (QED) is 0.623. The molecule has 0 radical (unpaired) electrons. The lowest BCUT2D eigenvalue weighted by Gasteiger charge is -2.30. The van der Waals surface area contributed by atoms with Crippen LogP contribution in [0.15, 0.2) is 42.0 Å². The summed E-state index contributed by atoms with van der Waals surface area (Å²) in [6.45, 7) is 8.00. The van der Waals surface area contributed by atoms with Crippen LogP contribution >= 0.6 is 0 Å². The maximum atomic E-state index is 2.56. The number of benzene rings is 2. The predicted molar refractivity (Wildman–Crippen MR) is 92.8 cm³/mol. The Morgan fingerprint density at radius 1 is 1.00 bits per heavy atom. The Kier molecular flexibility index (Phi) is 2.61. The number of fused-ring (bicyclic) bond motifs is 4. The van der Waals surface area contributed by atoms with E-state index in [4.69, 9.17) is 0 Å². The van der Waals surface area contributed by atoms with Gasteiger partial charge in [0.1, 0.15) is 6.54 Å². The normalized spacial score (nSPS) is 28.7. The molecule has 1 nitrogen and oxygen atoms in total. The van der Waals surface area contributed by atoms with Crippen molar-refractivity contribution in [3.63, 3.8) is 0 Å². The third kappa shape index (κ3) is 1.69. The summed E-state index contributed by atoms with van der Waals surface area (Å²) in [5, 5.41) is 2.82. The minimum absolute atomic E-state index is 0.678. The Morgan fingerprint density at radius 3 is 2.68 bits per heavy atom. The molecule has 112 valence electrons. The van der Waals surface area contributed by atoms with E-state index in [2.05, 4.69) is 49.4 Å². The van der Waals surface area contributed by atoms with E-state index >= 15 is 0 Å². The van der Waals surface area contributed by atoms with Gasteiger partial charge in [-0.3, -0.25) is 0 Å². The summed E-state index contributed by atoms with van der Waals surface area (Å²) in [7, 11) is 0. The van der Waals surface area contributed by atoms with Crippen molar-refractivity contribution < 1.29 is 4.48 Å². The second-order valence-electron chi connectivity index (χ2n) is 7.74. The van der Waals surface area contributed by atoms with E-state index in [-0.39, 0.29) is 0 Å². The molecule has 1 spiro atoms. The van der Waals surface area contributed by atoms with Gasteiger partial charge in [0.25, 0.3) is 0 Å². The van der Waals surface area contributed by atoms with E-state index < -0.39 is 0 Å². The predicted octanol–water partition coefficient (Wildman–Crippen LogP) is 4.58. The van der Waals surface area contributed by atoms with Gasteiger partial charge in [0.15, 0.2) is 0 Å². The van der Waals surface area contributed by atoms with Crippen LogP contribution in [0.5, 0.6) is 0 Å². The van der Waals surface area contributed by atoms with Crippen LogP contribution in [-0.4, -0.2) is 30.7 Å². The van der Waals surface area contributed by atoms with Crippen molar-refractivity contribution in [3.8, 4) is 0 Å². The van der Waals surface area contributed by atoms with E-state index in [0.717, 1.165) is 5.92 Å². The fourth-order valence-corrected chi connectivity index (χ4v) is 5.36. The van der Waals surface area contributed by atoms with Crippen LogP contribution in [0.4, 0.5) is 0 Å². The third-order valence-electron chi connectivity index (χ3n) is 6.52. The van der Waals surface area contributed by atoms with Crippen molar-refractivity contribution in [2.45, 2.75) is 25.7 Å². The van der Waals surface area contributed by atoms with Gasteiger partial charge in [-0.1, -0.05) is 43.3 Å². The van der Waals surface area contributed by atoms with E-state index in [1.165, 1.54) is 59.8 Å². The molecule has 2 aliphatic heterocycles. The Labute approximate surface area is 132 Å². The molecule has 1 aliphatic carbocycles. The lowest BCUT2D eigenvalue weighted by molar-refractivity contribution is -0.904. The molecule has 2 saturated heterocycles. The van der Waals surface area contributed by atoms with Crippen molar-refractivity contribution in [1.29, 1.82) is 0 Å². The third-order valence-corrected chi connectivity index (χ3v) is 6.52. The number of nitrogens with zero attached hydrogens (tertiary/aromatic N) is 1. The van der Waals surface area contributed by atoms with Gasteiger partial charge < -0.3 is 4.48 Å². The molecule has 2 atom stereocenters. The number of hydrogen-bond donors (Lipinski definition) is 0. The van der Waals surface area contributed by atoms with Crippen LogP contribution in [0.1, 0.15) is 36.8 Å². The molecule has 0 N–H and O–H groups in total. The van der Waals surface area contributed by atoms with Crippen molar-refractivity contribution >= 4 is 16.8 Å². The van der Waals surface area contributed by atoms with E-state index in [1.807, 2.05) is 0 Å². The molecule has 0 amide bonds. The summed E-state index contributed by atoms with van der Waals surface area (Å²) in [5.74, 6) is 1.46. The van der Waals surface area contributed by atoms with Gasteiger partial charge in [-0.25, -0.2) is 0 Å². The molecular weight excluding hydrogens is 266 g/mol. The largest absolute Gasteiger partial charge is 0.320 e. The molecule has 22 heavy (non-hydrogen) atoms. The molecule has 5 rings (SSSR count). The first-order chi connectivity index (χ1) is 10.8. The van der Waals surface area contributed by atoms with E-state index in [0.29, 0.717) is 5.92 Å². The summed E-state index contributed by atoms with van der Waals surface area (Å²) < 4.78 is 1.38. The molecule has 3 aliphatic rings. The van der Waals surface area contributed by atoms with Gasteiger partial charge in [0, 0.05) is 18.8 Å². The maximum Gasteiger partial charge on any atom is 0.101 e. The topological polar surface area (TPSA) is 0 Å². The zero-order valence-electron chi connectivity index (χ0n) is 13.4. The first kappa shape index (κ1) is 12.9. The van der Waals surface area contributed by atoms with Gasteiger partial charge >= 0.3 is 0 Å². The highest BCUT2D eigenvalue weighted by Gasteiger charge is 2.47. The molecule has 2 aromatic carbocycles. The Hall–Kier alpha value is -1.60. The zero-order chi connectivity index (χ0) is 14.7. The van der Waals surface area contributed by atoms with Crippen LogP contribution in [0, 0.1) is 5.92 Å². The average Bonchev–Trinajstić information content (AvgIpc) is 3.14. The molecule has 2 fully saturated rings. The average molecular weight is 290 g/mol.